The number of carbonyl (C=O) groups excluding carboxylic acids is 1. The number of hydrogen-bond acceptors (Lipinski definition) is 3. The van der Waals surface area contributed by atoms with Gasteiger partial charge in [0.2, 0.25) is 0 Å². The fourth-order valence-corrected chi connectivity index (χ4v) is 3.82. The molecule has 0 aliphatic carbocycles. The molecule has 3 rings (SSSR count). The molecule has 0 saturated carbocycles. The van der Waals surface area contributed by atoms with Crippen LogP contribution in [0.15, 0.2) is 18.3 Å². The molecule has 0 spiro atoms. The van der Waals surface area contributed by atoms with Crippen molar-refractivity contribution >= 4 is 11.6 Å². The lowest BCUT2D eigenvalue weighted by Crippen LogP contribution is -2.39. The van der Waals surface area contributed by atoms with Gasteiger partial charge in [0.05, 0.1) is 11.9 Å². The smallest absolute Gasteiger partial charge is 0.272 e. The minimum atomic E-state index is 0.0918. The van der Waals surface area contributed by atoms with Crippen molar-refractivity contribution in [3.8, 4) is 0 Å². The first-order chi connectivity index (χ1) is 11.2. The van der Waals surface area contributed by atoms with Crippen LogP contribution in [0, 0.1) is 5.92 Å². The Labute approximate surface area is 139 Å². The summed E-state index contributed by atoms with van der Waals surface area (Å²) in [4.78, 5) is 21.5. The van der Waals surface area contributed by atoms with Crippen LogP contribution < -0.4 is 4.90 Å². The summed E-state index contributed by atoms with van der Waals surface area (Å²) in [6.45, 7) is 7.36. The molecule has 1 amide bonds. The highest BCUT2D eigenvalue weighted by atomic mass is 16.2. The van der Waals surface area contributed by atoms with Crippen molar-refractivity contribution < 1.29 is 4.79 Å². The summed E-state index contributed by atoms with van der Waals surface area (Å²) < 4.78 is 0. The molecule has 126 valence electrons. The highest BCUT2D eigenvalue weighted by Crippen LogP contribution is 2.26. The van der Waals surface area contributed by atoms with E-state index in [9.17, 15) is 4.79 Å². The zero-order valence-electron chi connectivity index (χ0n) is 14.5. The van der Waals surface area contributed by atoms with E-state index in [4.69, 9.17) is 0 Å². The van der Waals surface area contributed by atoms with Gasteiger partial charge in [-0.05, 0) is 56.6 Å². The van der Waals surface area contributed by atoms with Crippen LogP contribution in [0.3, 0.4) is 0 Å². The molecule has 2 fully saturated rings. The van der Waals surface area contributed by atoms with Gasteiger partial charge in [-0.1, -0.05) is 13.8 Å². The average molecular weight is 315 g/mol. The summed E-state index contributed by atoms with van der Waals surface area (Å²) >= 11 is 0. The van der Waals surface area contributed by atoms with Gasteiger partial charge >= 0.3 is 0 Å². The molecule has 2 aliphatic rings. The molecule has 1 atom stereocenters. The maximum atomic E-state index is 12.6. The minimum Gasteiger partial charge on any atom is -0.367 e. The van der Waals surface area contributed by atoms with Crippen LogP contribution in [0.1, 0.15) is 62.9 Å². The third kappa shape index (κ3) is 3.67. The quantitative estimate of drug-likeness (QED) is 0.853. The Morgan fingerprint density at radius 3 is 2.61 bits per heavy atom. The first kappa shape index (κ1) is 16.3. The molecule has 2 aliphatic heterocycles. The van der Waals surface area contributed by atoms with E-state index >= 15 is 0 Å². The number of nitrogens with zero attached hydrogens (tertiary/aromatic N) is 3. The molecule has 23 heavy (non-hydrogen) atoms. The van der Waals surface area contributed by atoms with Crippen LogP contribution in [-0.4, -0.2) is 41.5 Å². The van der Waals surface area contributed by atoms with Crippen molar-refractivity contribution in [1.82, 2.24) is 9.88 Å². The highest BCUT2D eigenvalue weighted by molar-refractivity contribution is 5.92. The van der Waals surface area contributed by atoms with Crippen LogP contribution in [0.25, 0.3) is 0 Å². The molecule has 0 N–H and O–H groups in total. The van der Waals surface area contributed by atoms with Crippen LogP contribution in [0.4, 0.5) is 5.69 Å². The second-order valence-corrected chi connectivity index (χ2v) is 7.13. The molecular weight excluding hydrogens is 286 g/mol. The fourth-order valence-electron chi connectivity index (χ4n) is 3.82. The van der Waals surface area contributed by atoms with Gasteiger partial charge in [-0.25, -0.2) is 4.98 Å². The van der Waals surface area contributed by atoms with Gasteiger partial charge in [-0.15, -0.1) is 0 Å². The molecule has 0 bridgehead atoms. The predicted octanol–water partition coefficient (Wildman–Crippen LogP) is 3.72. The van der Waals surface area contributed by atoms with Crippen molar-refractivity contribution in [2.45, 2.75) is 58.4 Å². The van der Waals surface area contributed by atoms with Gasteiger partial charge in [0.25, 0.3) is 5.91 Å². The van der Waals surface area contributed by atoms with Gasteiger partial charge in [0.15, 0.2) is 0 Å². The van der Waals surface area contributed by atoms with E-state index < -0.39 is 0 Å². The molecule has 1 aromatic rings. The zero-order valence-corrected chi connectivity index (χ0v) is 14.5. The summed E-state index contributed by atoms with van der Waals surface area (Å²) in [6, 6.07) is 4.62. The van der Waals surface area contributed by atoms with E-state index in [0.29, 0.717) is 11.7 Å². The van der Waals surface area contributed by atoms with E-state index in [1.54, 1.807) is 0 Å². The first-order valence-electron chi connectivity index (χ1n) is 9.21. The maximum Gasteiger partial charge on any atom is 0.272 e. The molecule has 2 saturated heterocycles. The summed E-state index contributed by atoms with van der Waals surface area (Å²) in [5.74, 6) is 0.827. The minimum absolute atomic E-state index is 0.0918. The normalized spacial score (nSPS) is 23.1. The Kier molecular flexibility index (Phi) is 5.19. The summed E-state index contributed by atoms with van der Waals surface area (Å²) in [5.41, 5.74) is 1.76. The third-order valence-corrected chi connectivity index (χ3v) is 5.47. The van der Waals surface area contributed by atoms with E-state index in [-0.39, 0.29) is 5.91 Å². The Balaban J connectivity index is 1.68. The molecule has 1 unspecified atom stereocenters. The Bertz CT molecular complexity index is 520. The molecule has 1 aromatic heterocycles. The lowest BCUT2D eigenvalue weighted by molar-refractivity contribution is 0.0691. The number of amides is 1. The number of rotatable bonds is 3. The highest BCUT2D eigenvalue weighted by Gasteiger charge is 2.24. The number of pyridine rings is 1. The topological polar surface area (TPSA) is 36.4 Å². The van der Waals surface area contributed by atoms with E-state index in [0.717, 1.165) is 38.4 Å². The van der Waals surface area contributed by atoms with Crippen LogP contribution in [-0.2, 0) is 0 Å². The van der Waals surface area contributed by atoms with E-state index in [1.165, 1.54) is 31.4 Å². The fraction of sp³-hybridized carbons (Fsp3) is 0.684. The lowest BCUT2D eigenvalue weighted by atomic mass is 9.99. The Morgan fingerprint density at radius 2 is 1.96 bits per heavy atom. The molecule has 4 nitrogen and oxygen atoms in total. The van der Waals surface area contributed by atoms with E-state index in [1.807, 2.05) is 17.2 Å². The van der Waals surface area contributed by atoms with Crippen molar-refractivity contribution in [2.75, 3.05) is 24.5 Å². The Morgan fingerprint density at radius 1 is 1.17 bits per heavy atom. The Hall–Kier alpha value is -1.58. The van der Waals surface area contributed by atoms with Gasteiger partial charge in [0.1, 0.15) is 5.69 Å². The predicted molar refractivity (Wildman–Crippen MR) is 93.8 cm³/mol. The van der Waals surface area contributed by atoms with Crippen LogP contribution >= 0.6 is 0 Å². The summed E-state index contributed by atoms with van der Waals surface area (Å²) in [7, 11) is 0. The van der Waals surface area contributed by atoms with Gasteiger partial charge in [0, 0.05) is 25.7 Å². The SMILES string of the molecule is CCC1CCCCN1c1ccc(C(=O)N2CCC(C)CC2)nc1. The number of carbonyl (C=O) groups is 1. The second kappa shape index (κ2) is 7.33. The largest absolute Gasteiger partial charge is 0.367 e. The third-order valence-electron chi connectivity index (χ3n) is 5.47. The maximum absolute atomic E-state index is 12.6. The summed E-state index contributed by atoms with van der Waals surface area (Å²) in [5, 5.41) is 0. The molecule has 0 aromatic carbocycles. The van der Waals surface area contributed by atoms with Crippen LogP contribution in [0.5, 0.6) is 0 Å². The molecule has 3 heterocycles. The van der Waals surface area contributed by atoms with Crippen LogP contribution in [0.2, 0.25) is 0 Å². The first-order valence-corrected chi connectivity index (χ1v) is 9.21. The van der Waals surface area contributed by atoms with Crippen molar-refractivity contribution in [1.29, 1.82) is 0 Å². The average Bonchev–Trinajstić information content (AvgIpc) is 2.62. The van der Waals surface area contributed by atoms with Crippen molar-refractivity contribution in [2.24, 2.45) is 5.92 Å². The standard InChI is InChI=1S/C19H29N3O/c1-3-16-6-4-5-11-22(16)17-7-8-18(20-14-17)19(23)21-12-9-15(2)10-13-21/h7-8,14-16H,3-6,9-13H2,1-2H3. The van der Waals surface area contributed by atoms with E-state index in [2.05, 4.69) is 29.8 Å². The second-order valence-electron chi connectivity index (χ2n) is 7.13. The molecular formula is C19H29N3O. The van der Waals surface area contributed by atoms with Crippen molar-refractivity contribution in [3.63, 3.8) is 0 Å². The number of likely N-dealkylation sites (tertiary alicyclic amines) is 1. The number of piperidine rings is 2. The molecule has 0 radical (unpaired) electrons. The van der Waals surface area contributed by atoms with Gasteiger partial charge in [-0.3, -0.25) is 4.79 Å². The van der Waals surface area contributed by atoms with Crippen molar-refractivity contribution in [3.05, 3.63) is 24.0 Å². The number of hydrogen-bond donors (Lipinski definition) is 0. The zero-order chi connectivity index (χ0) is 16.2. The molecule has 4 heteroatoms. The monoisotopic (exact) mass is 315 g/mol. The lowest BCUT2D eigenvalue weighted by Gasteiger charge is -2.37. The van der Waals surface area contributed by atoms with Gasteiger partial charge < -0.3 is 9.80 Å². The van der Waals surface area contributed by atoms with Gasteiger partial charge in [-0.2, -0.15) is 0 Å². The number of aromatic nitrogens is 1. The summed E-state index contributed by atoms with van der Waals surface area (Å²) in [6.07, 6.45) is 9.13. The number of anilines is 1.